The molecular formula is C14H13N3O4S. The predicted octanol–water partition coefficient (Wildman–Crippen LogP) is 2.49. The number of amides is 1. The number of carbonyl (C=O) groups excluding carboxylic acids is 1. The number of nitro groups is 1. The molecule has 0 bridgehead atoms. The number of carbonyl (C=O) groups is 1. The molecule has 0 aliphatic rings. The number of hydrogen-bond donors (Lipinski definition) is 1. The van der Waals surface area contributed by atoms with Crippen LogP contribution in [0.5, 0.6) is 5.75 Å². The second-order valence-corrected chi connectivity index (χ2v) is 5.57. The number of para-hydroxylation sites is 2. The first-order valence-electron chi connectivity index (χ1n) is 6.31. The molecule has 0 aliphatic heterocycles. The van der Waals surface area contributed by atoms with Crippen molar-refractivity contribution in [1.82, 2.24) is 5.43 Å². The molecule has 2 aromatic rings. The number of aryl methyl sites for hydroxylation is 1. The number of benzene rings is 1. The molecule has 1 N–H and O–H groups in total. The van der Waals surface area contributed by atoms with Gasteiger partial charge in [-0.1, -0.05) is 12.1 Å². The molecule has 1 aromatic carbocycles. The summed E-state index contributed by atoms with van der Waals surface area (Å²) in [5.41, 5.74) is 2.11. The molecule has 1 amide bonds. The first-order chi connectivity index (χ1) is 10.6. The average Bonchev–Trinajstić information content (AvgIpc) is 2.91. The molecule has 0 saturated heterocycles. The number of ether oxygens (including phenoxy) is 1. The molecule has 0 radical (unpaired) electrons. The minimum Gasteiger partial charge on any atom is -0.477 e. The summed E-state index contributed by atoms with van der Waals surface area (Å²) in [7, 11) is 0. The van der Waals surface area contributed by atoms with Gasteiger partial charge in [0.05, 0.1) is 11.1 Å². The molecule has 0 unspecified atom stereocenters. The Morgan fingerprint density at radius 3 is 2.86 bits per heavy atom. The maximum Gasteiger partial charge on any atom is 0.310 e. The zero-order valence-corrected chi connectivity index (χ0v) is 12.5. The molecule has 7 nitrogen and oxygen atoms in total. The topological polar surface area (TPSA) is 93.8 Å². The van der Waals surface area contributed by atoms with E-state index in [1.54, 1.807) is 17.4 Å². The summed E-state index contributed by atoms with van der Waals surface area (Å²) in [6, 6.07) is 9.70. The monoisotopic (exact) mass is 319 g/mol. The van der Waals surface area contributed by atoms with Crippen molar-refractivity contribution in [1.29, 1.82) is 0 Å². The lowest BCUT2D eigenvalue weighted by Gasteiger charge is -2.05. The van der Waals surface area contributed by atoms with Crippen LogP contribution < -0.4 is 10.2 Å². The Morgan fingerprint density at radius 2 is 2.18 bits per heavy atom. The van der Waals surface area contributed by atoms with Gasteiger partial charge in [-0.3, -0.25) is 14.9 Å². The molecule has 1 aromatic heterocycles. The zero-order valence-electron chi connectivity index (χ0n) is 11.7. The van der Waals surface area contributed by atoms with Gasteiger partial charge in [-0.25, -0.2) is 5.43 Å². The average molecular weight is 319 g/mol. The standard InChI is InChI=1S/C14H13N3O4S/c1-10-6-7-11(22-10)8-15-16-14(18)9-21-13-5-3-2-4-12(13)17(19)20/h2-8H,9H2,1H3,(H,16,18)/b15-8-. The number of nitro benzene ring substituents is 1. The normalized spacial score (nSPS) is 10.6. The molecule has 0 fully saturated rings. The third kappa shape index (κ3) is 4.38. The molecular weight excluding hydrogens is 306 g/mol. The van der Waals surface area contributed by atoms with Crippen molar-refractivity contribution >= 4 is 29.1 Å². The van der Waals surface area contributed by atoms with Gasteiger partial charge in [0.25, 0.3) is 5.91 Å². The van der Waals surface area contributed by atoms with Gasteiger partial charge in [-0.2, -0.15) is 5.10 Å². The summed E-state index contributed by atoms with van der Waals surface area (Å²) in [5, 5.41) is 14.6. The first kappa shape index (κ1) is 15.6. The highest BCUT2D eigenvalue weighted by Crippen LogP contribution is 2.25. The van der Waals surface area contributed by atoms with E-state index in [1.165, 1.54) is 24.4 Å². The van der Waals surface area contributed by atoms with Crippen LogP contribution in [0.15, 0.2) is 41.5 Å². The fourth-order valence-electron chi connectivity index (χ4n) is 1.60. The first-order valence-corrected chi connectivity index (χ1v) is 7.12. The van der Waals surface area contributed by atoms with Crippen LogP contribution in [0.4, 0.5) is 5.69 Å². The van der Waals surface area contributed by atoms with Crippen molar-refractivity contribution in [3.8, 4) is 5.75 Å². The number of hydrogen-bond acceptors (Lipinski definition) is 6. The van der Waals surface area contributed by atoms with E-state index < -0.39 is 10.8 Å². The number of thiophene rings is 1. The van der Waals surface area contributed by atoms with Gasteiger partial charge in [-0.05, 0) is 25.1 Å². The molecule has 8 heteroatoms. The largest absolute Gasteiger partial charge is 0.477 e. The maximum atomic E-state index is 11.6. The van der Waals surface area contributed by atoms with E-state index in [0.29, 0.717) is 0 Å². The van der Waals surface area contributed by atoms with Crippen LogP contribution in [-0.2, 0) is 4.79 Å². The number of nitrogens with zero attached hydrogens (tertiary/aromatic N) is 2. The van der Waals surface area contributed by atoms with Crippen molar-refractivity contribution in [3.05, 3.63) is 56.3 Å². The van der Waals surface area contributed by atoms with E-state index in [0.717, 1.165) is 9.75 Å². The van der Waals surface area contributed by atoms with E-state index in [9.17, 15) is 14.9 Å². The summed E-state index contributed by atoms with van der Waals surface area (Å²) in [6.07, 6.45) is 1.53. The Kier molecular flexibility index (Phi) is 5.21. The molecule has 0 saturated carbocycles. The Hall–Kier alpha value is -2.74. The minimum absolute atomic E-state index is 0.0421. The number of rotatable bonds is 6. The van der Waals surface area contributed by atoms with Crippen LogP contribution in [-0.4, -0.2) is 23.7 Å². The maximum absolute atomic E-state index is 11.6. The van der Waals surface area contributed by atoms with Crippen LogP contribution >= 0.6 is 11.3 Å². The van der Waals surface area contributed by atoms with Gasteiger partial charge in [0.15, 0.2) is 12.4 Å². The summed E-state index contributed by atoms with van der Waals surface area (Å²) < 4.78 is 5.14. The molecule has 2 rings (SSSR count). The fraction of sp³-hybridized carbons (Fsp3) is 0.143. The highest BCUT2D eigenvalue weighted by atomic mass is 32.1. The Labute approximate surface area is 130 Å². The van der Waals surface area contributed by atoms with Gasteiger partial charge in [-0.15, -0.1) is 11.3 Å². The van der Waals surface area contributed by atoms with E-state index in [1.807, 2.05) is 19.1 Å². The zero-order chi connectivity index (χ0) is 15.9. The van der Waals surface area contributed by atoms with Gasteiger partial charge in [0, 0.05) is 15.8 Å². The van der Waals surface area contributed by atoms with Gasteiger partial charge < -0.3 is 4.74 Å². The summed E-state index contributed by atoms with van der Waals surface area (Å²) >= 11 is 1.55. The van der Waals surface area contributed by atoms with Gasteiger partial charge in [0.2, 0.25) is 0 Å². The van der Waals surface area contributed by atoms with E-state index in [4.69, 9.17) is 4.74 Å². The second kappa shape index (κ2) is 7.32. The molecule has 114 valence electrons. The summed E-state index contributed by atoms with van der Waals surface area (Å²) in [4.78, 5) is 23.9. The highest BCUT2D eigenvalue weighted by Gasteiger charge is 2.14. The number of nitrogens with one attached hydrogen (secondary N) is 1. The van der Waals surface area contributed by atoms with E-state index in [-0.39, 0.29) is 18.0 Å². The highest BCUT2D eigenvalue weighted by molar-refractivity contribution is 7.13. The fourth-order valence-corrected chi connectivity index (χ4v) is 2.35. The lowest BCUT2D eigenvalue weighted by atomic mass is 10.3. The van der Waals surface area contributed by atoms with Crippen LogP contribution in [0.3, 0.4) is 0 Å². The van der Waals surface area contributed by atoms with E-state index >= 15 is 0 Å². The van der Waals surface area contributed by atoms with Crippen LogP contribution in [0.25, 0.3) is 0 Å². The lowest BCUT2D eigenvalue weighted by molar-refractivity contribution is -0.385. The third-order valence-corrected chi connectivity index (χ3v) is 3.50. The second-order valence-electron chi connectivity index (χ2n) is 4.26. The van der Waals surface area contributed by atoms with Crippen molar-refractivity contribution < 1.29 is 14.5 Å². The Bertz CT molecular complexity index is 712. The smallest absolute Gasteiger partial charge is 0.310 e. The molecule has 22 heavy (non-hydrogen) atoms. The van der Waals surface area contributed by atoms with Crippen molar-refractivity contribution in [3.63, 3.8) is 0 Å². The van der Waals surface area contributed by atoms with Crippen molar-refractivity contribution in [2.45, 2.75) is 6.92 Å². The SMILES string of the molecule is Cc1ccc(/C=N\NC(=O)COc2ccccc2[N+](=O)[O-])s1. The molecule has 0 spiro atoms. The Balaban J connectivity index is 1.85. The third-order valence-electron chi connectivity index (χ3n) is 2.56. The van der Waals surface area contributed by atoms with Crippen molar-refractivity contribution in [2.75, 3.05) is 6.61 Å². The van der Waals surface area contributed by atoms with Gasteiger partial charge >= 0.3 is 5.69 Å². The number of hydrazone groups is 1. The summed E-state index contributed by atoms with van der Waals surface area (Å²) in [5.74, 6) is -0.455. The van der Waals surface area contributed by atoms with Gasteiger partial charge in [0.1, 0.15) is 0 Å². The Morgan fingerprint density at radius 1 is 1.41 bits per heavy atom. The van der Waals surface area contributed by atoms with Crippen LogP contribution in [0.2, 0.25) is 0 Å². The minimum atomic E-state index is -0.565. The molecule has 0 aliphatic carbocycles. The predicted molar refractivity (Wildman–Crippen MR) is 83.4 cm³/mol. The molecule has 0 atom stereocenters. The summed E-state index contributed by atoms with van der Waals surface area (Å²) in [6.45, 7) is 1.62. The quantitative estimate of drug-likeness (QED) is 0.503. The van der Waals surface area contributed by atoms with Crippen molar-refractivity contribution in [2.24, 2.45) is 5.10 Å². The van der Waals surface area contributed by atoms with Crippen LogP contribution in [0.1, 0.15) is 9.75 Å². The lowest BCUT2D eigenvalue weighted by Crippen LogP contribution is -2.24. The molecule has 1 heterocycles. The van der Waals surface area contributed by atoms with E-state index in [2.05, 4.69) is 10.5 Å². The van der Waals surface area contributed by atoms with Crippen LogP contribution in [0, 0.1) is 17.0 Å².